The van der Waals surface area contributed by atoms with Crippen LogP contribution in [0.25, 0.3) is 22.3 Å². The summed E-state index contributed by atoms with van der Waals surface area (Å²) in [4.78, 5) is 36.3. The molecule has 0 atom stereocenters. The van der Waals surface area contributed by atoms with Gasteiger partial charge in [0, 0.05) is 6.20 Å². The minimum Gasteiger partial charge on any atom is -0.477 e. The van der Waals surface area contributed by atoms with Crippen LogP contribution in [0.5, 0.6) is 0 Å². The van der Waals surface area contributed by atoms with Gasteiger partial charge in [0.25, 0.3) is 5.56 Å². The van der Waals surface area contributed by atoms with Gasteiger partial charge in [-0.15, -0.1) is 0 Å². The van der Waals surface area contributed by atoms with Crippen molar-refractivity contribution in [2.45, 2.75) is 32.9 Å². The number of rotatable bonds is 5. The van der Waals surface area contributed by atoms with Crippen LogP contribution in [0.3, 0.4) is 0 Å². The average Bonchev–Trinajstić information content (AvgIpc) is 2.68. The maximum Gasteiger partial charge on any atom is 0.341 e. The van der Waals surface area contributed by atoms with E-state index in [1.807, 2.05) is 54.6 Å². The molecular weight excluding hydrogens is 382 g/mol. The highest BCUT2D eigenvalue weighted by molar-refractivity contribution is 5.89. The zero-order valence-electron chi connectivity index (χ0n) is 17.1. The Morgan fingerprint density at radius 2 is 1.43 bits per heavy atom. The Labute approximate surface area is 174 Å². The standard InChI is InChI=1S/C24H23NO5/c1-24(2,3)30-21(26)15-25-14-19(13-20(22(25)27)23(28)29)18-11-9-17(10-12-18)16-7-5-4-6-8-16/h4-14H,15H2,1-3H3,(H,28,29). The molecule has 0 aliphatic carbocycles. The molecule has 3 rings (SSSR count). The molecule has 0 amide bonds. The van der Waals surface area contributed by atoms with Gasteiger partial charge < -0.3 is 14.4 Å². The van der Waals surface area contributed by atoms with Crippen molar-refractivity contribution in [2.24, 2.45) is 0 Å². The lowest BCUT2D eigenvalue weighted by atomic mass is 10.0. The highest BCUT2D eigenvalue weighted by atomic mass is 16.6. The highest BCUT2D eigenvalue weighted by Gasteiger charge is 2.20. The first-order chi connectivity index (χ1) is 14.1. The van der Waals surface area contributed by atoms with Crippen LogP contribution in [0.15, 0.2) is 71.7 Å². The molecule has 30 heavy (non-hydrogen) atoms. The Morgan fingerprint density at radius 3 is 1.97 bits per heavy atom. The molecule has 1 heterocycles. The molecule has 0 bridgehead atoms. The summed E-state index contributed by atoms with van der Waals surface area (Å²) in [6.07, 6.45) is 1.48. The number of carboxylic acid groups (broad SMARTS) is 1. The van der Waals surface area contributed by atoms with E-state index < -0.39 is 28.7 Å². The van der Waals surface area contributed by atoms with Crippen molar-refractivity contribution in [2.75, 3.05) is 0 Å². The van der Waals surface area contributed by atoms with E-state index in [0.29, 0.717) is 5.56 Å². The van der Waals surface area contributed by atoms with E-state index in [4.69, 9.17) is 4.74 Å². The van der Waals surface area contributed by atoms with Crippen molar-refractivity contribution in [3.8, 4) is 22.3 Å². The summed E-state index contributed by atoms with van der Waals surface area (Å²) in [5.41, 5.74) is 1.47. The zero-order valence-corrected chi connectivity index (χ0v) is 17.1. The van der Waals surface area contributed by atoms with Gasteiger partial charge in [-0.05, 0) is 49.1 Å². The van der Waals surface area contributed by atoms with Crippen LogP contribution in [-0.2, 0) is 16.1 Å². The van der Waals surface area contributed by atoms with Gasteiger partial charge in [-0.3, -0.25) is 9.59 Å². The zero-order chi connectivity index (χ0) is 21.9. The summed E-state index contributed by atoms with van der Waals surface area (Å²) in [5, 5.41) is 9.45. The van der Waals surface area contributed by atoms with Crippen LogP contribution in [0.2, 0.25) is 0 Å². The summed E-state index contributed by atoms with van der Waals surface area (Å²) in [6.45, 7) is 4.80. The van der Waals surface area contributed by atoms with Crippen LogP contribution >= 0.6 is 0 Å². The molecule has 6 heteroatoms. The van der Waals surface area contributed by atoms with Gasteiger partial charge in [-0.2, -0.15) is 0 Å². The molecule has 3 aromatic rings. The minimum atomic E-state index is -1.35. The molecule has 0 saturated heterocycles. The van der Waals surface area contributed by atoms with E-state index in [1.165, 1.54) is 12.3 Å². The predicted octanol–water partition coefficient (Wildman–Crippen LogP) is 4.22. The summed E-state index contributed by atoms with van der Waals surface area (Å²) in [6, 6.07) is 18.7. The number of pyridine rings is 1. The monoisotopic (exact) mass is 405 g/mol. The Balaban J connectivity index is 1.98. The lowest BCUT2D eigenvalue weighted by Crippen LogP contribution is -2.32. The van der Waals surface area contributed by atoms with Crippen LogP contribution in [0.4, 0.5) is 0 Å². The lowest BCUT2D eigenvalue weighted by Gasteiger charge is -2.20. The highest BCUT2D eigenvalue weighted by Crippen LogP contribution is 2.25. The molecular formula is C24H23NO5. The van der Waals surface area contributed by atoms with E-state index in [9.17, 15) is 19.5 Å². The van der Waals surface area contributed by atoms with E-state index in [-0.39, 0.29) is 6.54 Å². The molecule has 0 aliphatic heterocycles. The first-order valence-corrected chi connectivity index (χ1v) is 9.49. The second-order valence-electron chi connectivity index (χ2n) is 7.91. The van der Waals surface area contributed by atoms with E-state index >= 15 is 0 Å². The maximum absolute atomic E-state index is 12.5. The average molecular weight is 405 g/mol. The van der Waals surface area contributed by atoms with E-state index in [0.717, 1.165) is 21.3 Å². The largest absolute Gasteiger partial charge is 0.477 e. The number of ether oxygens (including phenoxy) is 1. The number of carboxylic acids is 1. The number of benzene rings is 2. The quantitative estimate of drug-likeness (QED) is 0.642. The topological polar surface area (TPSA) is 85.6 Å². The summed E-state index contributed by atoms with van der Waals surface area (Å²) >= 11 is 0. The van der Waals surface area contributed by atoms with Crippen LogP contribution in [-0.4, -0.2) is 27.2 Å². The number of hydrogen-bond acceptors (Lipinski definition) is 4. The molecule has 1 N–H and O–H groups in total. The van der Waals surface area contributed by atoms with Crippen molar-refractivity contribution >= 4 is 11.9 Å². The first kappa shape index (κ1) is 21.0. The third-order valence-corrected chi connectivity index (χ3v) is 4.36. The fraction of sp³-hybridized carbons (Fsp3) is 0.208. The van der Waals surface area contributed by atoms with Crippen molar-refractivity contribution in [1.82, 2.24) is 4.57 Å². The Kier molecular flexibility index (Phi) is 5.87. The third kappa shape index (κ3) is 5.03. The van der Waals surface area contributed by atoms with Gasteiger partial charge in [0.15, 0.2) is 0 Å². The SMILES string of the molecule is CC(C)(C)OC(=O)Cn1cc(-c2ccc(-c3ccccc3)cc2)cc(C(=O)O)c1=O. The van der Waals surface area contributed by atoms with Gasteiger partial charge in [0.05, 0.1) is 0 Å². The van der Waals surface area contributed by atoms with Gasteiger partial charge >= 0.3 is 11.9 Å². The van der Waals surface area contributed by atoms with Gasteiger partial charge in [-0.1, -0.05) is 54.6 Å². The summed E-state index contributed by atoms with van der Waals surface area (Å²) in [5.74, 6) is -1.96. The van der Waals surface area contributed by atoms with Crippen molar-refractivity contribution in [1.29, 1.82) is 0 Å². The number of nitrogens with zero attached hydrogens (tertiary/aromatic N) is 1. The summed E-state index contributed by atoms with van der Waals surface area (Å²) < 4.78 is 6.34. The number of carbonyl (C=O) groups is 2. The molecule has 0 fully saturated rings. The normalized spacial score (nSPS) is 11.2. The molecule has 6 nitrogen and oxygen atoms in total. The fourth-order valence-electron chi connectivity index (χ4n) is 3.06. The number of aromatic nitrogens is 1. The molecule has 154 valence electrons. The number of hydrogen-bond donors (Lipinski definition) is 1. The third-order valence-electron chi connectivity index (χ3n) is 4.36. The Hall–Kier alpha value is -3.67. The Morgan fingerprint density at radius 1 is 0.900 bits per heavy atom. The van der Waals surface area contributed by atoms with E-state index in [1.54, 1.807) is 20.8 Å². The molecule has 0 spiro atoms. The second kappa shape index (κ2) is 8.37. The molecule has 2 aromatic carbocycles. The molecule has 0 radical (unpaired) electrons. The van der Waals surface area contributed by atoms with Crippen LogP contribution in [0.1, 0.15) is 31.1 Å². The summed E-state index contributed by atoms with van der Waals surface area (Å²) in [7, 11) is 0. The molecule has 0 saturated carbocycles. The number of carbonyl (C=O) groups excluding carboxylic acids is 1. The second-order valence-corrected chi connectivity index (χ2v) is 7.91. The van der Waals surface area contributed by atoms with Crippen LogP contribution in [0, 0.1) is 0 Å². The smallest absolute Gasteiger partial charge is 0.341 e. The van der Waals surface area contributed by atoms with E-state index in [2.05, 4.69) is 0 Å². The van der Waals surface area contributed by atoms with Crippen molar-refractivity contribution in [3.05, 3.63) is 82.8 Å². The lowest BCUT2D eigenvalue weighted by molar-refractivity contribution is -0.155. The molecule has 0 unspecified atom stereocenters. The first-order valence-electron chi connectivity index (χ1n) is 9.49. The van der Waals surface area contributed by atoms with Gasteiger partial charge in [0.2, 0.25) is 0 Å². The maximum atomic E-state index is 12.5. The van der Waals surface area contributed by atoms with Crippen LogP contribution < -0.4 is 5.56 Å². The van der Waals surface area contributed by atoms with Gasteiger partial charge in [0.1, 0.15) is 17.7 Å². The van der Waals surface area contributed by atoms with Gasteiger partial charge in [-0.25, -0.2) is 4.79 Å². The minimum absolute atomic E-state index is 0.369. The molecule has 0 aliphatic rings. The Bertz CT molecular complexity index is 1120. The fourth-order valence-corrected chi connectivity index (χ4v) is 3.06. The molecule has 1 aromatic heterocycles. The number of aromatic carboxylic acids is 1. The van der Waals surface area contributed by atoms with Crippen molar-refractivity contribution < 1.29 is 19.4 Å². The predicted molar refractivity (Wildman–Crippen MR) is 114 cm³/mol. The number of esters is 1. The van der Waals surface area contributed by atoms with Crippen molar-refractivity contribution in [3.63, 3.8) is 0 Å².